The van der Waals surface area contributed by atoms with Crippen molar-refractivity contribution < 1.29 is 19.1 Å². The summed E-state index contributed by atoms with van der Waals surface area (Å²) in [5, 5.41) is -0.226. The summed E-state index contributed by atoms with van der Waals surface area (Å²) in [4.78, 5) is 23.1. The van der Waals surface area contributed by atoms with Gasteiger partial charge in [-0.15, -0.1) is 0 Å². The number of thioether (sulfide) groups is 1. The first-order chi connectivity index (χ1) is 9.00. The second kappa shape index (κ2) is 5.70. The number of hydrogen-bond acceptors (Lipinski definition) is 2. The SMILES string of the molecule is [N-]=[N+]=C1CC=C(Sc2ccccc2)C=C1P(=O)(O)O. The highest BCUT2D eigenvalue weighted by Gasteiger charge is 2.33. The zero-order valence-corrected chi connectivity index (χ0v) is 11.5. The van der Waals surface area contributed by atoms with Gasteiger partial charge in [-0.2, -0.15) is 4.79 Å². The fraction of sp³-hybridized carbons (Fsp3) is 0.0833. The molecule has 1 aliphatic rings. The summed E-state index contributed by atoms with van der Waals surface area (Å²) in [6.45, 7) is 0. The number of rotatable bonds is 3. The Morgan fingerprint density at radius 2 is 1.95 bits per heavy atom. The Balaban J connectivity index is 2.30. The van der Waals surface area contributed by atoms with Gasteiger partial charge in [0.05, 0.1) is 6.42 Å². The van der Waals surface area contributed by atoms with Crippen LogP contribution in [0.4, 0.5) is 0 Å². The average Bonchev–Trinajstić information content (AvgIpc) is 2.39. The van der Waals surface area contributed by atoms with E-state index in [9.17, 15) is 14.4 Å². The van der Waals surface area contributed by atoms with E-state index in [0.717, 1.165) is 9.80 Å². The molecule has 0 atom stereocenters. The van der Waals surface area contributed by atoms with Crippen molar-refractivity contribution in [1.82, 2.24) is 0 Å². The summed E-state index contributed by atoms with van der Waals surface area (Å²) in [7, 11) is -4.44. The number of nitrogens with zero attached hydrogens (tertiary/aromatic N) is 2. The van der Waals surface area contributed by atoms with Gasteiger partial charge >= 0.3 is 13.3 Å². The molecule has 0 saturated carbocycles. The maximum Gasteiger partial charge on any atom is 0.363 e. The van der Waals surface area contributed by atoms with Gasteiger partial charge in [-0.05, 0) is 18.2 Å². The fourth-order valence-corrected chi connectivity index (χ4v) is 3.39. The van der Waals surface area contributed by atoms with Crippen LogP contribution in [0.3, 0.4) is 0 Å². The molecule has 19 heavy (non-hydrogen) atoms. The molecule has 0 saturated heterocycles. The second-order valence-corrected chi connectivity index (χ2v) is 6.56. The van der Waals surface area contributed by atoms with E-state index in [1.54, 1.807) is 6.08 Å². The quantitative estimate of drug-likeness (QED) is 0.509. The van der Waals surface area contributed by atoms with Gasteiger partial charge in [-0.1, -0.05) is 36.0 Å². The minimum atomic E-state index is -4.44. The third-order valence-electron chi connectivity index (χ3n) is 2.48. The highest BCUT2D eigenvalue weighted by atomic mass is 32.2. The van der Waals surface area contributed by atoms with Crippen molar-refractivity contribution in [2.45, 2.75) is 11.3 Å². The molecule has 0 heterocycles. The second-order valence-electron chi connectivity index (χ2n) is 3.85. The van der Waals surface area contributed by atoms with E-state index in [1.807, 2.05) is 30.3 Å². The van der Waals surface area contributed by atoms with Crippen LogP contribution in [0.15, 0.2) is 57.6 Å². The van der Waals surface area contributed by atoms with Crippen molar-refractivity contribution in [1.29, 1.82) is 0 Å². The van der Waals surface area contributed by atoms with E-state index in [4.69, 9.17) is 5.53 Å². The molecule has 7 heteroatoms. The summed E-state index contributed by atoms with van der Waals surface area (Å²) in [6.07, 6.45) is 3.34. The number of benzene rings is 1. The molecule has 0 radical (unpaired) electrons. The highest BCUT2D eigenvalue weighted by molar-refractivity contribution is 8.03. The molecule has 0 aliphatic heterocycles. The zero-order valence-electron chi connectivity index (χ0n) is 9.80. The molecule has 0 unspecified atom stereocenters. The molecular formula is C12H11N2O3PS. The summed E-state index contributed by atoms with van der Waals surface area (Å²) < 4.78 is 11.4. The molecule has 98 valence electrons. The predicted octanol–water partition coefficient (Wildman–Crippen LogP) is 2.80. The zero-order chi connectivity index (χ0) is 13.9. The van der Waals surface area contributed by atoms with Gasteiger partial charge in [-0.25, -0.2) is 0 Å². The van der Waals surface area contributed by atoms with Crippen LogP contribution >= 0.6 is 19.4 Å². The lowest BCUT2D eigenvalue weighted by Gasteiger charge is -2.11. The molecule has 5 nitrogen and oxygen atoms in total. The Morgan fingerprint density at radius 1 is 1.26 bits per heavy atom. The average molecular weight is 294 g/mol. The molecule has 1 aliphatic carbocycles. The molecule has 1 aromatic rings. The van der Waals surface area contributed by atoms with E-state index in [-0.39, 0.29) is 17.4 Å². The van der Waals surface area contributed by atoms with Crippen molar-refractivity contribution in [3.8, 4) is 0 Å². The van der Waals surface area contributed by atoms with Crippen LogP contribution in [0.2, 0.25) is 0 Å². The Bertz CT molecular complexity index is 642. The van der Waals surface area contributed by atoms with E-state index in [1.165, 1.54) is 17.8 Å². The molecule has 2 N–H and O–H groups in total. The van der Waals surface area contributed by atoms with Gasteiger partial charge in [0.1, 0.15) is 5.31 Å². The van der Waals surface area contributed by atoms with Crippen LogP contribution in [-0.4, -0.2) is 20.3 Å². The third kappa shape index (κ3) is 3.53. The molecular weight excluding hydrogens is 283 g/mol. The van der Waals surface area contributed by atoms with Crippen molar-refractivity contribution in [3.05, 3.63) is 58.2 Å². The lowest BCUT2D eigenvalue weighted by molar-refractivity contribution is -0.00598. The first-order valence-corrected chi connectivity index (χ1v) is 7.86. The van der Waals surface area contributed by atoms with E-state index < -0.39 is 7.60 Å². The van der Waals surface area contributed by atoms with Gasteiger partial charge in [0.25, 0.3) is 0 Å². The van der Waals surface area contributed by atoms with Gasteiger partial charge in [-0.3, -0.25) is 4.57 Å². The summed E-state index contributed by atoms with van der Waals surface area (Å²) >= 11 is 1.40. The maximum absolute atomic E-state index is 11.4. The van der Waals surface area contributed by atoms with Crippen molar-refractivity contribution in [2.24, 2.45) is 0 Å². The minimum Gasteiger partial charge on any atom is -0.361 e. The Morgan fingerprint density at radius 3 is 2.53 bits per heavy atom. The fourth-order valence-electron chi connectivity index (χ4n) is 1.62. The molecule has 0 bridgehead atoms. The van der Waals surface area contributed by atoms with E-state index in [0.29, 0.717) is 0 Å². The first-order valence-electron chi connectivity index (χ1n) is 5.43. The normalized spacial score (nSPS) is 15.6. The van der Waals surface area contributed by atoms with Crippen LogP contribution in [0.1, 0.15) is 6.42 Å². The standard InChI is InChI=1S/C12H11N2O3PS/c13-14-11-7-6-10(8-12(11)18(15,16)17)19-9-4-2-1-3-5-9/h1-6,8H,7H2,(H2,15,16,17). The monoisotopic (exact) mass is 294 g/mol. The van der Waals surface area contributed by atoms with Crippen LogP contribution < -0.4 is 0 Å². The predicted molar refractivity (Wildman–Crippen MR) is 73.8 cm³/mol. The number of allylic oxidation sites excluding steroid dienone is 3. The van der Waals surface area contributed by atoms with Crippen LogP contribution in [0.25, 0.3) is 5.53 Å². The molecule has 0 amide bonds. The van der Waals surface area contributed by atoms with Crippen molar-refractivity contribution in [3.63, 3.8) is 0 Å². The van der Waals surface area contributed by atoms with Gasteiger partial charge < -0.3 is 15.3 Å². The van der Waals surface area contributed by atoms with Gasteiger partial charge in [0, 0.05) is 9.80 Å². The van der Waals surface area contributed by atoms with Gasteiger partial charge in [0.2, 0.25) is 0 Å². The maximum atomic E-state index is 11.4. The molecule has 2 rings (SSSR count). The molecule has 1 aromatic carbocycles. The highest BCUT2D eigenvalue weighted by Crippen LogP contribution is 2.48. The Labute approximate surface area is 114 Å². The third-order valence-corrected chi connectivity index (χ3v) is 4.53. The largest absolute Gasteiger partial charge is 0.363 e. The van der Waals surface area contributed by atoms with Crippen LogP contribution in [-0.2, 0) is 4.57 Å². The van der Waals surface area contributed by atoms with Crippen LogP contribution in [0.5, 0.6) is 0 Å². The lowest BCUT2D eigenvalue weighted by atomic mass is 10.1. The Hall–Kier alpha value is -1.42. The van der Waals surface area contributed by atoms with Crippen molar-refractivity contribution >= 4 is 25.1 Å². The lowest BCUT2D eigenvalue weighted by Crippen LogP contribution is -2.08. The van der Waals surface area contributed by atoms with Gasteiger partial charge in [0.15, 0.2) is 0 Å². The van der Waals surface area contributed by atoms with E-state index >= 15 is 0 Å². The molecule has 0 fully saturated rings. The van der Waals surface area contributed by atoms with E-state index in [2.05, 4.69) is 4.79 Å². The Kier molecular flexibility index (Phi) is 4.20. The molecule has 0 spiro atoms. The molecule has 0 aromatic heterocycles. The first kappa shape index (κ1) is 14.0. The smallest absolute Gasteiger partial charge is 0.361 e. The topological polar surface area (TPSA) is 93.9 Å². The summed E-state index contributed by atoms with van der Waals surface area (Å²) in [5.74, 6) is 0. The number of hydrogen-bond donors (Lipinski definition) is 2. The minimum absolute atomic E-state index is 0.00532. The van der Waals surface area contributed by atoms with Crippen LogP contribution in [0, 0.1) is 0 Å². The summed E-state index contributed by atoms with van der Waals surface area (Å²) in [6, 6.07) is 9.49. The summed E-state index contributed by atoms with van der Waals surface area (Å²) in [5.41, 5.74) is 8.77. The van der Waals surface area contributed by atoms with Crippen molar-refractivity contribution in [2.75, 3.05) is 0 Å².